The van der Waals surface area contributed by atoms with E-state index in [1.807, 2.05) is 30.9 Å². The lowest BCUT2D eigenvalue weighted by atomic mass is 9.78. The van der Waals surface area contributed by atoms with Crippen LogP contribution in [0.2, 0.25) is 0 Å². The van der Waals surface area contributed by atoms with Crippen molar-refractivity contribution in [3.05, 3.63) is 53.1 Å². The first kappa shape index (κ1) is 27.3. The number of ether oxygens (including phenoxy) is 1. The Hall–Kier alpha value is -3.29. The average Bonchev–Trinajstić information content (AvgIpc) is 3.26. The molecular formula is C31H39FN4O3. The second-order valence-electron chi connectivity index (χ2n) is 11.0. The third kappa shape index (κ3) is 5.70. The molecule has 2 aliphatic rings. The van der Waals surface area contributed by atoms with Crippen LogP contribution in [0.5, 0.6) is 0 Å². The van der Waals surface area contributed by atoms with E-state index in [9.17, 15) is 9.59 Å². The van der Waals surface area contributed by atoms with Crippen LogP contribution in [0.3, 0.4) is 0 Å². The molecule has 2 fully saturated rings. The number of carbonyl (C=O) groups is 2. The zero-order valence-corrected chi connectivity index (χ0v) is 23.3. The maximum atomic E-state index is 15.4. The molecule has 8 heteroatoms. The first-order valence-corrected chi connectivity index (χ1v) is 14.6. The molecule has 7 nitrogen and oxygen atoms in total. The standard InChI is InChI=1S/C31H39FN4O3/c1-4-24-18-28(30(37)35-16-8-6-7-9-20(35)3)33-29-19-27(34-36(24)29)25-15-14-23(17-26(25)32)21-10-12-22(13-11-21)31(38)39-5-2/h14-15,17-22H,4-13,16H2,1-3H3/t20-,21?,22?/m1/s1. The van der Waals surface area contributed by atoms with Crippen molar-refractivity contribution in [3.8, 4) is 11.3 Å². The monoisotopic (exact) mass is 534 g/mol. The number of benzene rings is 1. The van der Waals surface area contributed by atoms with Gasteiger partial charge in [0.05, 0.1) is 18.2 Å². The van der Waals surface area contributed by atoms with Crippen molar-refractivity contribution in [2.75, 3.05) is 13.2 Å². The van der Waals surface area contributed by atoms with Crippen LogP contribution in [0.25, 0.3) is 16.9 Å². The number of carbonyl (C=O) groups excluding carboxylic acids is 2. The zero-order valence-electron chi connectivity index (χ0n) is 23.3. The van der Waals surface area contributed by atoms with E-state index < -0.39 is 0 Å². The number of esters is 1. The number of fused-ring (bicyclic) bond motifs is 1. The second-order valence-corrected chi connectivity index (χ2v) is 11.0. The van der Waals surface area contributed by atoms with E-state index in [1.165, 1.54) is 0 Å². The first-order valence-electron chi connectivity index (χ1n) is 14.6. The van der Waals surface area contributed by atoms with Gasteiger partial charge in [-0.2, -0.15) is 5.10 Å². The van der Waals surface area contributed by atoms with Crippen molar-refractivity contribution in [1.82, 2.24) is 19.5 Å². The van der Waals surface area contributed by atoms with Gasteiger partial charge in [-0.15, -0.1) is 0 Å². The van der Waals surface area contributed by atoms with Crippen LogP contribution in [0.1, 0.15) is 99.8 Å². The Balaban J connectivity index is 1.37. The molecule has 1 aliphatic heterocycles. The summed E-state index contributed by atoms with van der Waals surface area (Å²) < 4.78 is 22.3. The molecule has 1 amide bonds. The molecule has 0 unspecified atom stereocenters. The minimum absolute atomic E-state index is 0.0439. The van der Waals surface area contributed by atoms with Crippen LogP contribution in [-0.4, -0.2) is 50.6 Å². The molecule has 3 heterocycles. The van der Waals surface area contributed by atoms with Gasteiger partial charge in [-0.3, -0.25) is 9.59 Å². The van der Waals surface area contributed by atoms with Crippen LogP contribution in [0.15, 0.2) is 30.3 Å². The van der Waals surface area contributed by atoms with Gasteiger partial charge in [0, 0.05) is 29.9 Å². The summed E-state index contributed by atoms with van der Waals surface area (Å²) in [5.74, 6) is -0.310. The predicted octanol–water partition coefficient (Wildman–Crippen LogP) is 6.34. The molecule has 3 aromatic rings. The number of halogens is 1. The summed E-state index contributed by atoms with van der Waals surface area (Å²) in [6, 6.07) is 9.16. The molecule has 0 N–H and O–H groups in total. The second kappa shape index (κ2) is 11.8. The van der Waals surface area contributed by atoms with Gasteiger partial charge in [0.2, 0.25) is 0 Å². The predicted molar refractivity (Wildman–Crippen MR) is 148 cm³/mol. The van der Waals surface area contributed by atoms with Gasteiger partial charge in [0.15, 0.2) is 5.65 Å². The minimum Gasteiger partial charge on any atom is -0.466 e. The van der Waals surface area contributed by atoms with Crippen molar-refractivity contribution in [1.29, 1.82) is 0 Å². The molecule has 39 heavy (non-hydrogen) atoms. The summed E-state index contributed by atoms with van der Waals surface area (Å²) >= 11 is 0. The van der Waals surface area contributed by atoms with E-state index in [0.29, 0.717) is 35.6 Å². The summed E-state index contributed by atoms with van der Waals surface area (Å²) in [5.41, 5.74) is 3.71. The molecule has 1 saturated carbocycles. The number of nitrogens with zero attached hydrogens (tertiary/aromatic N) is 4. The van der Waals surface area contributed by atoms with Gasteiger partial charge in [-0.05, 0) is 88.5 Å². The summed E-state index contributed by atoms with van der Waals surface area (Å²) in [6.07, 6.45) is 8.19. The van der Waals surface area contributed by atoms with E-state index in [0.717, 1.165) is 69.2 Å². The lowest BCUT2D eigenvalue weighted by molar-refractivity contribution is -0.149. The highest BCUT2D eigenvalue weighted by Gasteiger charge is 2.29. The molecule has 1 aliphatic carbocycles. The van der Waals surface area contributed by atoms with Crippen molar-refractivity contribution in [3.63, 3.8) is 0 Å². The van der Waals surface area contributed by atoms with Crippen LogP contribution in [0, 0.1) is 11.7 Å². The molecule has 0 bridgehead atoms. The lowest BCUT2D eigenvalue weighted by Gasteiger charge is -2.27. The molecule has 1 saturated heterocycles. The third-order valence-electron chi connectivity index (χ3n) is 8.48. The molecule has 5 rings (SSSR count). The highest BCUT2D eigenvalue weighted by Crippen LogP contribution is 2.37. The topological polar surface area (TPSA) is 76.8 Å². The number of aryl methyl sites for hydroxylation is 1. The quantitative estimate of drug-likeness (QED) is 0.345. The number of rotatable bonds is 6. The molecule has 1 aromatic carbocycles. The van der Waals surface area contributed by atoms with Gasteiger partial charge in [0.1, 0.15) is 11.5 Å². The first-order chi connectivity index (χ1) is 18.9. The molecular weight excluding hydrogens is 495 g/mol. The highest BCUT2D eigenvalue weighted by molar-refractivity contribution is 5.93. The van der Waals surface area contributed by atoms with Gasteiger partial charge in [-0.25, -0.2) is 13.9 Å². The molecule has 2 aromatic heterocycles. The van der Waals surface area contributed by atoms with Crippen molar-refractivity contribution in [2.45, 2.75) is 90.5 Å². The van der Waals surface area contributed by atoms with Crippen LogP contribution >= 0.6 is 0 Å². The van der Waals surface area contributed by atoms with Gasteiger partial charge in [0.25, 0.3) is 5.91 Å². The Bertz CT molecular complexity index is 1350. The smallest absolute Gasteiger partial charge is 0.308 e. The van der Waals surface area contributed by atoms with Crippen LogP contribution in [-0.2, 0) is 16.0 Å². The van der Waals surface area contributed by atoms with Crippen molar-refractivity contribution < 1.29 is 18.7 Å². The third-order valence-corrected chi connectivity index (χ3v) is 8.48. The maximum Gasteiger partial charge on any atom is 0.308 e. The van der Waals surface area contributed by atoms with Gasteiger partial charge in [-0.1, -0.05) is 25.8 Å². The highest BCUT2D eigenvalue weighted by atomic mass is 19.1. The van der Waals surface area contributed by atoms with Crippen LogP contribution < -0.4 is 0 Å². The fraction of sp³-hybridized carbons (Fsp3) is 0.548. The van der Waals surface area contributed by atoms with Gasteiger partial charge < -0.3 is 9.64 Å². The molecule has 1 atom stereocenters. The normalized spacial score (nSPS) is 22.1. The molecule has 0 radical (unpaired) electrons. The Morgan fingerprint density at radius 2 is 1.82 bits per heavy atom. The fourth-order valence-electron chi connectivity index (χ4n) is 6.17. The van der Waals surface area contributed by atoms with E-state index in [4.69, 9.17) is 4.74 Å². The lowest BCUT2D eigenvalue weighted by Crippen LogP contribution is -2.38. The SMILES string of the molecule is CCOC(=O)C1CCC(c2ccc(-c3cc4nc(C(=O)N5CCCCC[C@H]5C)cc(CC)n4n3)c(F)c2)CC1. The Morgan fingerprint density at radius 1 is 1.03 bits per heavy atom. The Morgan fingerprint density at radius 3 is 2.54 bits per heavy atom. The van der Waals surface area contributed by atoms with Crippen LogP contribution in [0.4, 0.5) is 4.39 Å². The zero-order chi connectivity index (χ0) is 27.5. The summed E-state index contributed by atoms with van der Waals surface area (Å²) in [7, 11) is 0. The van der Waals surface area contributed by atoms with Gasteiger partial charge >= 0.3 is 5.97 Å². The number of amides is 1. The van der Waals surface area contributed by atoms with E-state index in [-0.39, 0.29) is 35.6 Å². The number of hydrogen-bond donors (Lipinski definition) is 0. The number of aromatic nitrogens is 3. The van der Waals surface area contributed by atoms with E-state index >= 15 is 4.39 Å². The Kier molecular flexibility index (Phi) is 8.29. The average molecular weight is 535 g/mol. The summed E-state index contributed by atoms with van der Waals surface area (Å²) in [5, 5.41) is 4.68. The molecule has 208 valence electrons. The Labute approximate surface area is 229 Å². The fourth-order valence-corrected chi connectivity index (χ4v) is 6.17. The van der Waals surface area contributed by atoms with Crippen molar-refractivity contribution >= 4 is 17.5 Å². The van der Waals surface area contributed by atoms with E-state index in [1.54, 1.807) is 22.7 Å². The van der Waals surface area contributed by atoms with E-state index in [2.05, 4.69) is 17.0 Å². The number of likely N-dealkylation sites (tertiary alicyclic amines) is 1. The maximum absolute atomic E-state index is 15.4. The largest absolute Gasteiger partial charge is 0.466 e. The van der Waals surface area contributed by atoms with Crippen molar-refractivity contribution in [2.24, 2.45) is 5.92 Å². The molecule has 0 spiro atoms. The summed E-state index contributed by atoms with van der Waals surface area (Å²) in [4.78, 5) is 32.1. The minimum atomic E-state index is -0.323. The number of hydrogen-bond acceptors (Lipinski definition) is 5. The summed E-state index contributed by atoms with van der Waals surface area (Å²) in [6.45, 7) is 7.11.